The van der Waals surface area contributed by atoms with Gasteiger partial charge < -0.3 is 8.83 Å². The number of hydrogen-bond donors (Lipinski definition) is 0. The molecule has 0 radical (unpaired) electrons. The number of rotatable bonds is 3. The average molecular weight is 755 g/mol. The molecule has 0 saturated carbocycles. The monoisotopic (exact) mass is 754 g/mol. The predicted molar refractivity (Wildman–Crippen MR) is 243 cm³/mol. The molecule has 3 heterocycles. The molecule has 13 rings (SSSR count). The van der Waals surface area contributed by atoms with Crippen molar-refractivity contribution in [3.8, 4) is 44.6 Å². The van der Waals surface area contributed by atoms with Crippen LogP contribution in [-0.4, -0.2) is 9.97 Å². The molecular weight excluding hydrogens is 721 g/mol. The molecule has 0 unspecified atom stereocenters. The van der Waals surface area contributed by atoms with Crippen LogP contribution in [0.4, 0.5) is 0 Å². The zero-order valence-corrected chi connectivity index (χ0v) is 32.4. The van der Waals surface area contributed by atoms with Crippen LogP contribution in [-0.2, 0) is 5.41 Å². The summed E-state index contributed by atoms with van der Waals surface area (Å²) >= 11 is 0. The minimum atomic E-state index is -0.0770. The molecule has 0 spiro atoms. The van der Waals surface area contributed by atoms with Gasteiger partial charge in [0, 0.05) is 43.5 Å². The number of fused-ring (bicyclic) bond motifs is 16. The number of hydrogen-bond acceptors (Lipinski definition) is 4. The van der Waals surface area contributed by atoms with Gasteiger partial charge in [0.25, 0.3) is 0 Å². The Hall–Kier alpha value is -7.56. The van der Waals surface area contributed by atoms with Crippen molar-refractivity contribution in [1.29, 1.82) is 0 Å². The first-order chi connectivity index (χ1) is 29.0. The van der Waals surface area contributed by atoms with Gasteiger partial charge >= 0.3 is 0 Å². The van der Waals surface area contributed by atoms with Crippen LogP contribution in [0, 0.1) is 0 Å². The third-order valence-corrected chi connectivity index (χ3v) is 12.9. The molecule has 1 aliphatic carbocycles. The SMILES string of the molecule is CC1(C)c2ccccc2-c2ccc(-c3ccc4oc5c(cc(-c6cccc(-c7cnc8c9ccccc9c9ccccc9c8n7)c6)c6oc7ccccc7c65)c4c3)cc21. The molecule has 0 aliphatic heterocycles. The molecule has 276 valence electrons. The molecule has 12 aromatic rings. The average Bonchev–Trinajstić information content (AvgIpc) is 3.93. The zero-order chi connectivity index (χ0) is 39.0. The van der Waals surface area contributed by atoms with E-state index in [9.17, 15) is 0 Å². The molecule has 1 aliphatic rings. The van der Waals surface area contributed by atoms with Crippen LogP contribution in [0.1, 0.15) is 25.0 Å². The Morgan fingerprint density at radius 2 is 1.05 bits per heavy atom. The summed E-state index contributed by atoms with van der Waals surface area (Å²) in [5, 5.41) is 8.71. The molecule has 9 aromatic carbocycles. The van der Waals surface area contributed by atoms with E-state index >= 15 is 0 Å². The van der Waals surface area contributed by atoms with Crippen LogP contribution in [0.25, 0.3) is 121 Å². The summed E-state index contributed by atoms with van der Waals surface area (Å²) in [6, 6.07) is 58.4. The Labute approximate surface area is 339 Å². The summed E-state index contributed by atoms with van der Waals surface area (Å²) in [5.41, 5.74) is 16.6. The highest BCUT2D eigenvalue weighted by atomic mass is 16.3. The molecule has 0 atom stereocenters. The largest absolute Gasteiger partial charge is 0.455 e. The van der Waals surface area contributed by atoms with E-state index in [1.165, 1.54) is 38.6 Å². The van der Waals surface area contributed by atoms with Crippen molar-refractivity contribution < 1.29 is 8.83 Å². The molecule has 0 bridgehead atoms. The first-order valence-electron chi connectivity index (χ1n) is 20.2. The fraction of sp³-hybridized carbons (Fsp3) is 0.0545. The van der Waals surface area contributed by atoms with Gasteiger partial charge in [0.05, 0.1) is 28.3 Å². The summed E-state index contributed by atoms with van der Waals surface area (Å²) in [6.45, 7) is 4.67. The van der Waals surface area contributed by atoms with Gasteiger partial charge in [-0.15, -0.1) is 0 Å². The predicted octanol–water partition coefficient (Wildman–Crippen LogP) is 15.0. The van der Waals surface area contributed by atoms with E-state index in [1.54, 1.807) is 0 Å². The van der Waals surface area contributed by atoms with Gasteiger partial charge in [-0.3, -0.25) is 4.98 Å². The molecule has 3 aromatic heterocycles. The molecule has 0 amide bonds. The molecule has 4 nitrogen and oxygen atoms in total. The third kappa shape index (κ3) is 4.54. The van der Waals surface area contributed by atoms with Gasteiger partial charge in [-0.1, -0.05) is 141 Å². The van der Waals surface area contributed by atoms with Gasteiger partial charge in [0.2, 0.25) is 0 Å². The van der Waals surface area contributed by atoms with E-state index < -0.39 is 0 Å². The third-order valence-electron chi connectivity index (χ3n) is 12.9. The van der Waals surface area contributed by atoms with Crippen molar-refractivity contribution in [2.75, 3.05) is 0 Å². The lowest BCUT2D eigenvalue weighted by atomic mass is 9.81. The number of benzene rings is 9. The van der Waals surface area contributed by atoms with Gasteiger partial charge in [0.1, 0.15) is 22.3 Å². The maximum absolute atomic E-state index is 6.78. The van der Waals surface area contributed by atoms with Crippen molar-refractivity contribution in [2.24, 2.45) is 0 Å². The first-order valence-corrected chi connectivity index (χ1v) is 20.2. The van der Waals surface area contributed by atoms with E-state index in [0.717, 1.165) is 93.6 Å². The summed E-state index contributed by atoms with van der Waals surface area (Å²) in [4.78, 5) is 10.4. The maximum atomic E-state index is 6.78. The van der Waals surface area contributed by atoms with E-state index in [-0.39, 0.29) is 5.41 Å². The van der Waals surface area contributed by atoms with Gasteiger partial charge in [-0.05, 0) is 86.1 Å². The number of nitrogens with zero attached hydrogens (tertiary/aromatic N) is 2. The Kier molecular flexibility index (Phi) is 6.48. The highest BCUT2D eigenvalue weighted by Crippen LogP contribution is 2.50. The Morgan fingerprint density at radius 3 is 1.90 bits per heavy atom. The van der Waals surface area contributed by atoms with Crippen molar-refractivity contribution in [3.05, 3.63) is 181 Å². The second-order valence-corrected chi connectivity index (χ2v) is 16.5. The summed E-state index contributed by atoms with van der Waals surface area (Å²) in [6.07, 6.45) is 1.91. The van der Waals surface area contributed by atoms with Gasteiger partial charge in [-0.2, -0.15) is 0 Å². The molecule has 0 N–H and O–H groups in total. The van der Waals surface area contributed by atoms with Crippen LogP contribution in [0.15, 0.2) is 179 Å². The highest BCUT2D eigenvalue weighted by molar-refractivity contribution is 6.26. The normalized spacial score (nSPS) is 13.4. The minimum absolute atomic E-state index is 0.0770. The number of furan rings is 2. The van der Waals surface area contributed by atoms with E-state index in [0.29, 0.717) is 0 Å². The van der Waals surface area contributed by atoms with E-state index in [2.05, 4.69) is 166 Å². The number of para-hydroxylation sites is 1. The Balaban J connectivity index is 1.00. The van der Waals surface area contributed by atoms with Gasteiger partial charge in [0.15, 0.2) is 0 Å². The second-order valence-electron chi connectivity index (χ2n) is 16.5. The quantitative estimate of drug-likeness (QED) is 0.169. The number of aromatic nitrogens is 2. The fourth-order valence-electron chi connectivity index (χ4n) is 10.0. The Morgan fingerprint density at radius 1 is 0.407 bits per heavy atom. The van der Waals surface area contributed by atoms with Crippen LogP contribution in [0.5, 0.6) is 0 Å². The highest BCUT2D eigenvalue weighted by Gasteiger charge is 2.35. The molecule has 4 heteroatoms. The lowest BCUT2D eigenvalue weighted by Gasteiger charge is -2.22. The standard InChI is InChI=1S/C55H34N2O2/c1-55(2)45-20-9-7-16-37(45)38-24-22-32(28-46(38)55)31-23-25-49-43(27-31)44-29-42(53-50(54(44)59-49)41-19-8-10-21-48(41)58-53)33-12-11-13-34(26-33)47-30-56-51-39-17-5-3-14-35(39)36-15-4-6-18-40(36)52(51)57-47/h3-30H,1-2H3. The maximum Gasteiger partial charge on any atom is 0.147 e. The lowest BCUT2D eigenvalue weighted by molar-refractivity contribution is 0.660. The van der Waals surface area contributed by atoms with E-state index in [1.807, 2.05) is 18.3 Å². The lowest BCUT2D eigenvalue weighted by Crippen LogP contribution is -2.14. The van der Waals surface area contributed by atoms with E-state index in [4.69, 9.17) is 18.8 Å². The molecule has 0 saturated heterocycles. The van der Waals surface area contributed by atoms with Crippen LogP contribution >= 0.6 is 0 Å². The molecule has 59 heavy (non-hydrogen) atoms. The zero-order valence-electron chi connectivity index (χ0n) is 32.4. The molecular formula is C55H34N2O2. The van der Waals surface area contributed by atoms with Crippen molar-refractivity contribution in [3.63, 3.8) is 0 Å². The minimum Gasteiger partial charge on any atom is -0.455 e. The van der Waals surface area contributed by atoms with Crippen LogP contribution in [0.2, 0.25) is 0 Å². The Bertz CT molecular complexity index is 3740. The smallest absolute Gasteiger partial charge is 0.147 e. The fourth-order valence-corrected chi connectivity index (χ4v) is 10.0. The van der Waals surface area contributed by atoms with Crippen LogP contribution in [0.3, 0.4) is 0 Å². The topological polar surface area (TPSA) is 52.1 Å². The first kappa shape index (κ1) is 32.5. The van der Waals surface area contributed by atoms with Crippen molar-refractivity contribution >= 4 is 76.5 Å². The summed E-state index contributed by atoms with van der Waals surface area (Å²) < 4.78 is 13.5. The summed E-state index contributed by atoms with van der Waals surface area (Å²) in [7, 11) is 0. The second kappa shape index (κ2) is 11.7. The van der Waals surface area contributed by atoms with Gasteiger partial charge in [-0.25, -0.2) is 4.98 Å². The van der Waals surface area contributed by atoms with Crippen molar-refractivity contribution in [2.45, 2.75) is 19.3 Å². The van der Waals surface area contributed by atoms with Crippen LogP contribution < -0.4 is 0 Å². The van der Waals surface area contributed by atoms with Crippen molar-refractivity contribution in [1.82, 2.24) is 9.97 Å². The molecule has 0 fully saturated rings. The summed E-state index contributed by atoms with van der Waals surface area (Å²) in [5.74, 6) is 0.